The van der Waals surface area contributed by atoms with Crippen molar-refractivity contribution < 1.29 is 4.79 Å². The molecule has 0 aromatic carbocycles. The van der Waals surface area contributed by atoms with E-state index in [1.54, 1.807) is 0 Å². The van der Waals surface area contributed by atoms with Crippen molar-refractivity contribution >= 4 is 5.91 Å². The first kappa shape index (κ1) is 14.8. The molecule has 0 radical (unpaired) electrons. The number of amides is 1. The Balaban J connectivity index is 1.83. The fourth-order valence-corrected chi connectivity index (χ4v) is 3.63. The van der Waals surface area contributed by atoms with Gasteiger partial charge < -0.3 is 16.0 Å². The van der Waals surface area contributed by atoms with Gasteiger partial charge in [-0.3, -0.25) is 4.79 Å². The van der Waals surface area contributed by atoms with Gasteiger partial charge >= 0.3 is 0 Å². The highest BCUT2D eigenvalue weighted by molar-refractivity contribution is 5.77. The Hall–Kier alpha value is -0.610. The Morgan fingerprint density at radius 3 is 2.68 bits per heavy atom. The molecule has 0 aliphatic carbocycles. The molecule has 4 heteroatoms. The third-order valence-corrected chi connectivity index (χ3v) is 5.00. The lowest BCUT2D eigenvalue weighted by Crippen LogP contribution is -2.37. The molecule has 2 saturated heterocycles. The van der Waals surface area contributed by atoms with Crippen molar-refractivity contribution in [1.29, 1.82) is 0 Å². The molecular formula is C15H29N3O. The number of rotatable bonds is 4. The highest BCUT2D eigenvalue weighted by atomic mass is 16.2. The van der Waals surface area contributed by atoms with Gasteiger partial charge in [0.1, 0.15) is 0 Å². The van der Waals surface area contributed by atoms with E-state index in [1.165, 1.54) is 12.8 Å². The first-order chi connectivity index (χ1) is 9.11. The molecule has 2 heterocycles. The van der Waals surface area contributed by atoms with Gasteiger partial charge in [0.15, 0.2) is 0 Å². The summed E-state index contributed by atoms with van der Waals surface area (Å²) in [4.78, 5) is 14.5. The largest absolute Gasteiger partial charge is 0.340 e. The monoisotopic (exact) mass is 267 g/mol. The molecule has 0 bridgehead atoms. The molecule has 110 valence electrons. The van der Waals surface area contributed by atoms with Crippen molar-refractivity contribution in [2.75, 3.05) is 26.2 Å². The second-order valence-corrected chi connectivity index (χ2v) is 6.50. The Kier molecular flexibility index (Phi) is 5.22. The average molecular weight is 267 g/mol. The highest BCUT2D eigenvalue weighted by Crippen LogP contribution is 2.28. The smallest absolute Gasteiger partial charge is 0.223 e. The summed E-state index contributed by atoms with van der Waals surface area (Å²) < 4.78 is 0. The fourth-order valence-electron chi connectivity index (χ4n) is 3.63. The number of hydrogen-bond donors (Lipinski definition) is 2. The van der Waals surface area contributed by atoms with Crippen molar-refractivity contribution in [2.45, 2.75) is 45.6 Å². The summed E-state index contributed by atoms with van der Waals surface area (Å²) in [6.45, 7) is 8.20. The lowest BCUT2D eigenvalue weighted by Gasteiger charge is -2.30. The maximum Gasteiger partial charge on any atom is 0.223 e. The molecule has 0 saturated carbocycles. The van der Waals surface area contributed by atoms with E-state index in [-0.39, 0.29) is 0 Å². The molecule has 3 atom stereocenters. The lowest BCUT2D eigenvalue weighted by molar-refractivity contribution is -0.133. The van der Waals surface area contributed by atoms with Crippen molar-refractivity contribution in [3.8, 4) is 0 Å². The van der Waals surface area contributed by atoms with Crippen molar-refractivity contribution in [2.24, 2.45) is 23.5 Å². The molecule has 2 aliphatic heterocycles. The summed E-state index contributed by atoms with van der Waals surface area (Å²) >= 11 is 0. The van der Waals surface area contributed by atoms with Crippen LogP contribution in [-0.4, -0.2) is 43.0 Å². The molecule has 3 N–H and O–H groups in total. The normalized spacial score (nSPS) is 30.6. The third kappa shape index (κ3) is 3.69. The summed E-state index contributed by atoms with van der Waals surface area (Å²) in [5.74, 6) is 2.08. The molecule has 2 aliphatic rings. The average Bonchev–Trinajstić information content (AvgIpc) is 2.81. The maximum atomic E-state index is 12.4. The van der Waals surface area contributed by atoms with Crippen LogP contribution in [0, 0.1) is 17.8 Å². The zero-order valence-corrected chi connectivity index (χ0v) is 12.4. The summed E-state index contributed by atoms with van der Waals surface area (Å²) in [6, 6.07) is 0.376. The van der Waals surface area contributed by atoms with E-state index in [9.17, 15) is 4.79 Å². The molecule has 19 heavy (non-hydrogen) atoms. The maximum absolute atomic E-state index is 12.4. The minimum atomic E-state index is 0.342. The molecule has 0 aromatic rings. The number of nitrogens with zero attached hydrogens (tertiary/aromatic N) is 1. The number of nitrogens with two attached hydrogens (primary N) is 1. The first-order valence-electron chi connectivity index (χ1n) is 7.82. The topological polar surface area (TPSA) is 58.4 Å². The Morgan fingerprint density at radius 2 is 2.11 bits per heavy atom. The summed E-state index contributed by atoms with van der Waals surface area (Å²) in [5, 5.41) is 3.39. The molecule has 4 nitrogen and oxygen atoms in total. The number of nitrogens with one attached hydrogen (secondary N) is 1. The number of hydrogen-bond acceptors (Lipinski definition) is 3. The van der Waals surface area contributed by atoms with Crippen LogP contribution in [0.1, 0.15) is 39.5 Å². The molecule has 2 fully saturated rings. The number of piperidine rings is 1. The number of carbonyl (C=O) groups excluding carboxylic acids is 1. The minimum Gasteiger partial charge on any atom is -0.340 e. The molecule has 2 rings (SSSR count). The van der Waals surface area contributed by atoms with Crippen LogP contribution in [0.5, 0.6) is 0 Å². The SMILES string of the molecule is CC(CC(=O)N1CC(CN)CC1C)C1CCNCC1. The van der Waals surface area contributed by atoms with Gasteiger partial charge in [0.25, 0.3) is 0 Å². The standard InChI is InChI=1S/C15H29N3O/c1-11(14-3-5-17-6-4-14)7-15(19)18-10-13(9-16)8-12(18)2/h11-14,17H,3-10,16H2,1-2H3. The fraction of sp³-hybridized carbons (Fsp3) is 0.933. The summed E-state index contributed by atoms with van der Waals surface area (Å²) in [7, 11) is 0. The van der Waals surface area contributed by atoms with Crippen LogP contribution in [0.4, 0.5) is 0 Å². The second kappa shape index (κ2) is 6.71. The van der Waals surface area contributed by atoms with Crippen LogP contribution in [0.25, 0.3) is 0 Å². The zero-order chi connectivity index (χ0) is 13.8. The first-order valence-corrected chi connectivity index (χ1v) is 7.82. The van der Waals surface area contributed by atoms with Crippen LogP contribution >= 0.6 is 0 Å². The Labute approximate surface area is 117 Å². The van der Waals surface area contributed by atoms with Crippen molar-refractivity contribution in [1.82, 2.24) is 10.2 Å². The van der Waals surface area contributed by atoms with Gasteiger partial charge in [-0.05, 0) is 63.6 Å². The van der Waals surface area contributed by atoms with Gasteiger partial charge in [0.2, 0.25) is 5.91 Å². The predicted molar refractivity (Wildman–Crippen MR) is 77.7 cm³/mol. The summed E-state index contributed by atoms with van der Waals surface area (Å²) in [6.07, 6.45) is 4.22. The molecule has 0 spiro atoms. The van der Waals surface area contributed by atoms with Gasteiger partial charge in [-0.2, -0.15) is 0 Å². The molecule has 3 unspecified atom stereocenters. The zero-order valence-electron chi connectivity index (χ0n) is 12.4. The molecule has 1 amide bonds. The van der Waals surface area contributed by atoms with Gasteiger partial charge in [-0.1, -0.05) is 6.92 Å². The van der Waals surface area contributed by atoms with E-state index in [1.807, 2.05) is 0 Å². The van der Waals surface area contributed by atoms with Gasteiger partial charge in [0, 0.05) is 19.0 Å². The third-order valence-electron chi connectivity index (χ3n) is 5.00. The highest BCUT2D eigenvalue weighted by Gasteiger charge is 2.33. The van der Waals surface area contributed by atoms with Crippen LogP contribution in [0.15, 0.2) is 0 Å². The Morgan fingerprint density at radius 1 is 1.42 bits per heavy atom. The van der Waals surface area contributed by atoms with E-state index >= 15 is 0 Å². The van der Waals surface area contributed by atoms with Crippen molar-refractivity contribution in [3.05, 3.63) is 0 Å². The number of carbonyl (C=O) groups is 1. The second-order valence-electron chi connectivity index (χ2n) is 6.50. The van der Waals surface area contributed by atoms with Crippen molar-refractivity contribution in [3.63, 3.8) is 0 Å². The van der Waals surface area contributed by atoms with Gasteiger partial charge in [-0.25, -0.2) is 0 Å². The van der Waals surface area contributed by atoms with Gasteiger partial charge in [-0.15, -0.1) is 0 Å². The van der Waals surface area contributed by atoms with E-state index in [2.05, 4.69) is 24.1 Å². The number of likely N-dealkylation sites (tertiary alicyclic amines) is 1. The van der Waals surface area contributed by atoms with Gasteiger partial charge in [0.05, 0.1) is 0 Å². The van der Waals surface area contributed by atoms with E-state index in [0.717, 1.165) is 26.1 Å². The van der Waals surface area contributed by atoms with E-state index in [0.29, 0.717) is 42.7 Å². The minimum absolute atomic E-state index is 0.342. The molecule has 0 aromatic heterocycles. The summed E-state index contributed by atoms with van der Waals surface area (Å²) in [5.41, 5.74) is 5.73. The quantitative estimate of drug-likeness (QED) is 0.805. The van der Waals surface area contributed by atoms with Crippen LogP contribution in [0.3, 0.4) is 0 Å². The molecular weight excluding hydrogens is 238 g/mol. The van der Waals surface area contributed by atoms with Crippen LogP contribution in [0.2, 0.25) is 0 Å². The Bertz CT molecular complexity index is 302. The van der Waals surface area contributed by atoms with Crippen LogP contribution in [-0.2, 0) is 4.79 Å². The predicted octanol–water partition coefficient (Wildman–Crippen LogP) is 1.21. The van der Waals surface area contributed by atoms with E-state index in [4.69, 9.17) is 5.73 Å². The lowest BCUT2D eigenvalue weighted by atomic mass is 9.84. The van der Waals surface area contributed by atoms with E-state index < -0.39 is 0 Å². The van der Waals surface area contributed by atoms with Crippen LogP contribution < -0.4 is 11.1 Å².